The largest absolute Gasteiger partial charge is 0.306 e. The molecule has 0 spiro atoms. The lowest BCUT2D eigenvalue weighted by Gasteiger charge is -2.10. The van der Waals surface area contributed by atoms with Crippen molar-refractivity contribution in [3.05, 3.63) is 33.6 Å². The van der Waals surface area contributed by atoms with E-state index in [0.717, 1.165) is 18.6 Å². The van der Waals surface area contributed by atoms with Crippen LogP contribution in [0.4, 0.5) is 10.1 Å². The number of rotatable bonds is 5. The number of nitrogens with zero attached hydrogens (tertiary/aromatic N) is 1. The van der Waals surface area contributed by atoms with Crippen LogP contribution in [0.25, 0.3) is 0 Å². The maximum absolute atomic E-state index is 13.4. The lowest BCUT2D eigenvalue weighted by Crippen LogP contribution is -2.27. The third-order valence-electron chi connectivity index (χ3n) is 3.97. The number of halogens is 1. The summed E-state index contributed by atoms with van der Waals surface area (Å²) >= 11 is 0. The highest BCUT2D eigenvalue weighted by Gasteiger charge is 2.45. The van der Waals surface area contributed by atoms with Crippen molar-refractivity contribution in [3.8, 4) is 0 Å². The minimum absolute atomic E-state index is 0.117. The van der Waals surface area contributed by atoms with Gasteiger partial charge in [-0.3, -0.25) is 10.1 Å². The van der Waals surface area contributed by atoms with Crippen LogP contribution in [0.1, 0.15) is 25.8 Å². The van der Waals surface area contributed by atoms with E-state index in [4.69, 9.17) is 0 Å². The Hall–Kier alpha value is -1.54. The fraction of sp³-hybridized carbons (Fsp3) is 0.538. The summed E-state index contributed by atoms with van der Waals surface area (Å²) in [6.45, 7) is 5.77. The van der Waals surface area contributed by atoms with Crippen LogP contribution in [0, 0.1) is 34.2 Å². The molecule has 2 rings (SSSR count). The zero-order valence-corrected chi connectivity index (χ0v) is 12.8. The molecule has 0 heterocycles. The molecule has 0 aliphatic heterocycles. The van der Waals surface area contributed by atoms with Gasteiger partial charge in [0, 0.05) is 12.6 Å². The Kier molecular flexibility index (Phi) is 3.79. The zero-order valence-electron chi connectivity index (χ0n) is 12.0. The second-order valence-corrected chi connectivity index (χ2v) is 7.80. The number of hydrogen-bond donors (Lipinski definition) is 1. The van der Waals surface area contributed by atoms with Gasteiger partial charge in [-0.1, -0.05) is 13.8 Å². The molecule has 0 amide bonds. The van der Waals surface area contributed by atoms with Gasteiger partial charge in [0.25, 0.3) is 0 Å². The van der Waals surface area contributed by atoms with Gasteiger partial charge in [-0.2, -0.15) is 4.39 Å². The maximum Gasteiger partial charge on any atom is 0.306 e. The Morgan fingerprint density at radius 3 is 2.52 bits per heavy atom. The van der Waals surface area contributed by atoms with Crippen LogP contribution in [0.3, 0.4) is 0 Å². The van der Waals surface area contributed by atoms with Gasteiger partial charge < -0.3 is 0 Å². The molecule has 1 unspecified atom stereocenters. The highest BCUT2D eigenvalue weighted by molar-refractivity contribution is 7.89. The monoisotopic (exact) mass is 316 g/mol. The SMILES string of the molecule is Cc1cc(F)c([N+](=O)[O-])cc1S(=O)(=O)NCC1CC1(C)C. The highest BCUT2D eigenvalue weighted by atomic mass is 32.2. The molecule has 1 aromatic carbocycles. The molecule has 1 saturated carbocycles. The van der Waals surface area contributed by atoms with Crippen molar-refractivity contribution in [3.63, 3.8) is 0 Å². The lowest BCUT2D eigenvalue weighted by atomic mass is 10.1. The smallest absolute Gasteiger partial charge is 0.258 e. The topological polar surface area (TPSA) is 89.3 Å². The standard InChI is InChI=1S/C13H17FN2O4S/c1-8-4-10(14)11(16(17)18)5-12(8)21(19,20)15-7-9-6-13(9,2)3/h4-5,9,15H,6-7H2,1-3H3. The quantitative estimate of drug-likeness (QED) is 0.667. The minimum atomic E-state index is -3.89. The summed E-state index contributed by atoms with van der Waals surface area (Å²) in [4.78, 5) is 9.54. The van der Waals surface area contributed by atoms with E-state index < -0.39 is 26.5 Å². The molecule has 1 atom stereocenters. The number of nitro benzene ring substituents is 1. The van der Waals surface area contributed by atoms with Crippen molar-refractivity contribution >= 4 is 15.7 Å². The van der Waals surface area contributed by atoms with Gasteiger partial charge in [0.1, 0.15) is 0 Å². The van der Waals surface area contributed by atoms with E-state index in [-0.39, 0.29) is 28.3 Å². The van der Waals surface area contributed by atoms with Crippen LogP contribution in [-0.2, 0) is 10.0 Å². The zero-order chi connectivity index (χ0) is 16.0. The third-order valence-corrected chi connectivity index (χ3v) is 5.53. The second-order valence-electron chi connectivity index (χ2n) is 6.07. The Morgan fingerprint density at radius 2 is 2.05 bits per heavy atom. The fourth-order valence-corrected chi connectivity index (χ4v) is 3.61. The molecular formula is C13H17FN2O4S. The van der Waals surface area contributed by atoms with E-state index in [2.05, 4.69) is 4.72 Å². The summed E-state index contributed by atoms with van der Waals surface area (Å²) in [5.41, 5.74) is -0.583. The molecule has 6 nitrogen and oxygen atoms in total. The Bertz CT molecular complexity index is 700. The number of aryl methyl sites for hydroxylation is 1. The summed E-state index contributed by atoms with van der Waals surface area (Å²) in [7, 11) is -3.89. The highest BCUT2D eigenvalue weighted by Crippen LogP contribution is 2.51. The minimum Gasteiger partial charge on any atom is -0.258 e. The summed E-state index contributed by atoms with van der Waals surface area (Å²) in [6.07, 6.45) is 0.929. The Balaban J connectivity index is 2.27. The third kappa shape index (κ3) is 3.21. The van der Waals surface area contributed by atoms with Crippen molar-refractivity contribution in [2.24, 2.45) is 11.3 Å². The average molecular weight is 316 g/mol. The lowest BCUT2D eigenvalue weighted by molar-refractivity contribution is -0.387. The molecule has 0 saturated heterocycles. The van der Waals surface area contributed by atoms with Crippen molar-refractivity contribution in [1.29, 1.82) is 0 Å². The first-order valence-electron chi connectivity index (χ1n) is 6.49. The molecule has 21 heavy (non-hydrogen) atoms. The van der Waals surface area contributed by atoms with E-state index in [1.807, 2.05) is 13.8 Å². The molecular weight excluding hydrogens is 299 g/mol. The van der Waals surface area contributed by atoms with Gasteiger partial charge in [0.2, 0.25) is 15.8 Å². The number of benzene rings is 1. The van der Waals surface area contributed by atoms with E-state index in [1.54, 1.807) is 0 Å². The molecule has 1 aliphatic rings. The molecule has 1 aliphatic carbocycles. The Morgan fingerprint density at radius 1 is 1.48 bits per heavy atom. The van der Waals surface area contributed by atoms with E-state index in [9.17, 15) is 22.9 Å². The van der Waals surface area contributed by atoms with Gasteiger partial charge in [0.15, 0.2) is 0 Å². The van der Waals surface area contributed by atoms with Crippen molar-refractivity contribution in [2.75, 3.05) is 6.54 Å². The van der Waals surface area contributed by atoms with Gasteiger partial charge in [0.05, 0.1) is 9.82 Å². The predicted octanol–water partition coefficient (Wildman–Crippen LogP) is 2.37. The number of hydrogen-bond acceptors (Lipinski definition) is 4. The number of nitro groups is 1. The summed E-state index contributed by atoms with van der Waals surface area (Å²) < 4.78 is 40.3. The van der Waals surface area contributed by atoms with Gasteiger partial charge in [-0.25, -0.2) is 13.1 Å². The molecule has 1 N–H and O–H groups in total. The van der Waals surface area contributed by atoms with Crippen LogP contribution in [-0.4, -0.2) is 19.9 Å². The van der Waals surface area contributed by atoms with Crippen molar-refractivity contribution < 1.29 is 17.7 Å². The van der Waals surface area contributed by atoms with Crippen molar-refractivity contribution in [2.45, 2.75) is 32.1 Å². The van der Waals surface area contributed by atoms with Crippen LogP contribution < -0.4 is 4.72 Å². The van der Waals surface area contributed by atoms with Crippen LogP contribution in [0.5, 0.6) is 0 Å². The van der Waals surface area contributed by atoms with Crippen molar-refractivity contribution in [1.82, 2.24) is 4.72 Å². The molecule has 116 valence electrons. The first-order valence-corrected chi connectivity index (χ1v) is 7.97. The van der Waals surface area contributed by atoms with Crippen LogP contribution in [0.15, 0.2) is 17.0 Å². The van der Waals surface area contributed by atoms with Crippen LogP contribution >= 0.6 is 0 Å². The second kappa shape index (κ2) is 5.03. The van der Waals surface area contributed by atoms with E-state index in [0.29, 0.717) is 0 Å². The first-order chi connectivity index (χ1) is 9.54. The van der Waals surface area contributed by atoms with Gasteiger partial charge in [-0.15, -0.1) is 0 Å². The summed E-state index contributed by atoms with van der Waals surface area (Å²) in [6, 6.07) is 1.64. The van der Waals surface area contributed by atoms with E-state index >= 15 is 0 Å². The Labute approximate surface area is 122 Å². The fourth-order valence-electron chi connectivity index (χ4n) is 2.28. The van der Waals surface area contributed by atoms with Gasteiger partial charge >= 0.3 is 5.69 Å². The molecule has 0 bridgehead atoms. The number of sulfonamides is 1. The molecule has 8 heteroatoms. The number of nitrogens with one attached hydrogen (secondary N) is 1. The van der Waals surface area contributed by atoms with Gasteiger partial charge in [-0.05, 0) is 36.3 Å². The first kappa shape index (κ1) is 15.8. The molecule has 1 aromatic rings. The average Bonchev–Trinajstić information content (AvgIpc) is 2.94. The maximum atomic E-state index is 13.4. The molecule has 0 aromatic heterocycles. The predicted molar refractivity (Wildman–Crippen MR) is 74.9 cm³/mol. The summed E-state index contributed by atoms with van der Waals surface area (Å²) in [5.74, 6) is -0.789. The normalized spacial score (nSPS) is 20.3. The molecule has 0 radical (unpaired) electrons. The van der Waals surface area contributed by atoms with Crippen LogP contribution in [0.2, 0.25) is 0 Å². The van der Waals surface area contributed by atoms with E-state index in [1.165, 1.54) is 6.92 Å². The molecule has 1 fully saturated rings. The summed E-state index contributed by atoms with van der Waals surface area (Å²) in [5, 5.41) is 10.7.